The van der Waals surface area contributed by atoms with E-state index in [4.69, 9.17) is 0 Å². The first kappa shape index (κ1) is 24.0. The van der Waals surface area contributed by atoms with E-state index in [1.54, 1.807) is 0 Å². The van der Waals surface area contributed by atoms with Crippen molar-refractivity contribution in [3.63, 3.8) is 0 Å². The molecule has 5 aliphatic rings. The van der Waals surface area contributed by atoms with Crippen molar-refractivity contribution in [1.82, 2.24) is 0 Å². The summed E-state index contributed by atoms with van der Waals surface area (Å²) >= 11 is 0. The number of carbonyl (C=O) groups excluding carboxylic acids is 2. The maximum atomic E-state index is 13.6. The minimum atomic E-state index is -0.442. The summed E-state index contributed by atoms with van der Waals surface area (Å²) < 4.78 is 0. The van der Waals surface area contributed by atoms with E-state index in [1.807, 2.05) is 6.92 Å². The van der Waals surface area contributed by atoms with Crippen LogP contribution in [-0.2, 0) is 9.59 Å². The first-order valence-corrected chi connectivity index (χ1v) is 13.8. The van der Waals surface area contributed by atoms with Gasteiger partial charge in [-0.2, -0.15) is 0 Å². The van der Waals surface area contributed by atoms with E-state index in [1.165, 1.54) is 25.7 Å². The molecular weight excluding hydrogens is 408 g/mol. The fraction of sp³-hybridized carbons (Fsp3) is 0.933. The van der Waals surface area contributed by atoms with Crippen molar-refractivity contribution in [2.75, 3.05) is 0 Å². The van der Waals surface area contributed by atoms with E-state index < -0.39 is 11.5 Å². The largest absolute Gasteiger partial charge is 0.393 e. The van der Waals surface area contributed by atoms with E-state index >= 15 is 0 Å². The second kappa shape index (κ2) is 6.74. The van der Waals surface area contributed by atoms with Crippen LogP contribution in [0.1, 0.15) is 113 Å². The van der Waals surface area contributed by atoms with Crippen LogP contribution in [0.2, 0.25) is 0 Å². The van der Waals surface area contributed by atoms with Crippen molar-refractivity contribution in [2.45, 2.75) is 119 Å². The lowest BCUT2D eigenvalue weighted by Crippen LogP contribution is -2.72. The third-order valence-electron chi connectivity index (χ3n) is 13.3. The molecule has 0 radical (unpaired) electrons. The van der Waals surface area contributed by atoms with Gasteiger partial charge in [0.2, 0.25) is 0 Å². The molecule has 0 aromatic heterocycles. The molecule has 3 nitrogen and oxygen atoms in total. The van der Waals surface area contributed by atoms with Crippen LogP contribution < -0.4 is 0 Å². The molecule has 0 bridgehead atoms. The van der Waals surface area contributed by atoms with Gasteiger partial charge in [-0.25, -0.2) is 0 Å². The van der Waals surface area contributed by atoms with Crippen molar-refractivity contribution in [3.8, 4) is 0 Å². The van der Waals surface area contributed by atoms with Crippen molar-refractivity contribution >= 4 is 11.6 Å². The number of carbonyl (C=O) groups is 2. The minimum Gasteiger partial charge on any atom is -0.393 e. The zero-order valence-electron chi connectivity index (χ0n) is 22.5. The summed E-state index contributed by atoms with van der Waals surface area (Å²) in [4.78, 5) is 26.3. The molecule has 0 amide bonds. The van der Waals surface area contributed by atoms with Crippen LogP contribution in [0, 0.1) is 56.2 Å². The molecule has 33 heavy (non-hydrogen) atoms. The predicted molar refractivity (Wildman–Crippen MR) is 132 cm³/mol. The van der Waals surface area contributed by atoms with Crippen LogP contribution in [0.3, 0.4) is 0 Å². The molecule has 0 aromatic carbocycles. The molecule has 0 spiro atoms. The number of aliphatic hydroxyl groups is 1. The molecule has 0 saturated heterocycles. The Bertz CT molecular complexity index is 891. The van der Waals surface area contributed by atoms with Crippen LogP contribution >= 0.6 is 0 Å². The lowest BCUT2D eigenvalue weighted by molar-refractivity contribution is -0.276. The maximum absolute atomic E-state index is 13.6. The van der Waals surface area contributed by atoms with Gasteiger partial charge >= 0.3 is 0 Å². The number of ketones is 2. The Morgan fingerprint density at radius 2 is 1.33 bits per heavy atom. The van der Waals surface area contributed by atoms with E-state index in [9.17, 15) is 14.7 Å². The molecular formula is C30H48O3. The number of hydrogen-bond donors (Lipinski definition) is 1. The van der Waals surface area contributed by atoms with Crippen molar-refractivity contribution < 1.29 is 14.7 Å². The highest BCUT2D eigenvalue weighted by Gasteiger charge is 2.74. The van der Waals surface area contributed by atoms with Crippen molar-refractivity contribution in [3.05, 3.63) is 0 Å². The number of Topliss-reactive ketones (excluding diaryl/α,β-unsaturated/α-hetero) is 2. The fourth-order valence-electron chi connectivity index (χ4n) is 11.2. The molecule has 3 heteroatoms. The van der Waals surface area contributed by atoms with Gasteiger partial charge in [-0.1, -0.05) is 55.4 Å². The van der Waals surface area contributed by atoms with Gasteiger partial charge in [0.15, 0.2) is 0 Å². The highest BCUT2D eigenvalue weighted by molar-refractivity contribution is 6.04. The van der Waals surface area contributed by atoms with Crippen LogP contribution in [0.25, 0.3) is 0 Å². The van der Waals surface area contributed by atoms with Gasteiger partial charge in [0.05, 0.1) is 12.5 Å². The highest BCUT2D eigenvalue weighted by atomic mass is 16.3. The summed E-state index contributed by atoms with van der Waals surface area (Å²) in [6, 6.07) is 0. The Morgan fingerprint density at radius 1 is 0.727 bits per heavy atom. The molecule has 0 aliphatic heterocycles. The lowest BCUT2D eigenvalue weighted by Gasteiger charge is -2.75. The smallest absolute Gasteiger partial charge is 0.144 e. The summed E-state index contributed by atoms with van der Waals surface area (Å²) in [6.45, 7) is 19.0. The first-order chi connectivity index (χ1) is 15.0. The summed E-state index contributed by atoms with van der Waals surface area (Å²) in [7, 11) is 0. The summed E-state index contributed by atoms with van der Waals surface area (Å²) in [5.41, 5.74) is 0.319. The fourth-order valence-corrected chi connectivity index (χ4v) is 11.2. The van der Waals surface area contributed by atoms with Crippen molar-refractivity contribution in [2.24, 2.45) is 56.2 Å². The topological polar surface area (TPSA) is 54.4 Å². The second-order valence-corrected chi connectivity index (χ2v) is 15.4. The Labute approximate surface area is 201 Å². The van der Waals surface area contributed by atoms with E-state index in [-0.39, 0.29) is 52.0 Å². The summed E-state index contributed by atoms with van der Waals surface area (Å²) in [5.74, 6) is 0.774. The second-order valence-electron chi connectivity index (χ2n) is 15.4. The molecule has 5 rings (SSSR count). The van der Waals surface area contributed by atoms with Crippen LogP contribution in [0.4, 0.5) is 0 Å². The van der Waals surface area contributed by atoms with E-state index in [0.717, 1.165) is 19.3 Å². The monoisotopic (exact) mass is 456 g/mol. The summed E-state index contributed by atoms with van der Waals surface area (Å²) in [6.07, 6.45) is 8.70. The van der Waals surface area contributed by atoms with Gasteiger partial charge < -0.3 is 5.11 Å². The van der Waals surface area contributed by atoms with Gasteiger partial charge in [-0.15, -0.1) is 0 Å². The molecule has 5 saturated carbocycles. The van der Waals surface area contributed by atoms with Crippen LogP contribution in [0.5, 0.6) is 0 Å². The zero-order chi connectivity index (χ0) is 24.4. The predicted octanol–water partition coefficient (Wildman–Crippen LogP) is 6.61. The van der Waals surface area contributed by atoms with Gasteiger partial charge in [0.1, 0.15) is 11.6 Å². The minimum absolute atomic E-state index is 0.0172. The quantitative estimate of drug-likeness (QED) is 0.417. The van der Waals surface area contributed by atoms with Gasteiger partial charge in [0.25, 0.3) is 0 Å². The lowest BCUT2D eigenvalue weighted by atomic mass is 9.29. The molecule has 5 aliphatic carbocycles. The van der Waals surface area contributed by atoms with E-state index in [0.29, 0.717) is 23.2 Å². The average Bonchev–Trinajstić information content (AvgIpc) is 2.69. The first-order valence-electron chi connectivity index (χ1n) is 13.8. The standard InChI is InChI=1S/C30H48O3/c1-18-19(31)15-20(32)23-27(5)12-14-29(7)22-17-25(2,3)9-10-26(22,4)11-13-30(29,8)24(27)21(33)16-28(18,23)6/h18,21-24,33H,9-17H2,1-8H3/t18-,21?,22+,23?,24?,26+,27-,28+,29?,30+/m0/s1. The molecule has 0 aromatic rings. The van der Waals surface area contributed by atoms with Gasteiger partial charge in [0, 0.05) is 11.8 Å². The van der Waals surface area contributed by atoms with Gasteiger partial charge in [-0.3, -0.25) is 9.59 Å². The SMILES string of the molecule is C[C@H]1C(=O)CC(=O)C2[C@]3(C)CCC4(C)[C@@H]5CC(C)(C)CC[C@]5(C)CC[C@]4(C)C3C(O)C[C@@]21C. The molecule has 0 heterocycles. The highest BCUT2D eigenvalue weighted by Crippen LogP contribution is 2.78. The molecule has 1 N–H and O–H groups in total. The number of rotatable bonds is 0. The normalized spacial score (nSPS) is 58.0. The Hall–Kier alpha value is -0.700. The van der Waals surface area contributed by atoms with E-state index in [2.05, 4.69) is 48.5 Å². The molecule has 4 unspecified atom stereocenters. The Morgan fingerprint density at radius 3 is 2.00 bits per heavy atom. The van der Waals surface area contributed by atoms with Crippen LogP contribution in [-0.4, -0.2) is 22.8 Å². The number of hydrogen-bond acceptors (Lipinski definition) is 3. The zero-order valence-corrected chi connectivity index (χ0v) is 22.5. The van der Waals surface area contributed by atoms with Crippen LogP contribution in [0.15, 0.2) is 0 Å². The molecule has 5 fully saturated rings. The molecule has 186 valence electrons. The number of aliphatic hydroxyl groups excluding tert-OH is 1. The Balaban J connectivity index is 1.61. The van der Waals surface area contributed by atoms with Gasteiger partial charge in [-0.05, 0) is 95.7 Å². The average molecular weight is 457 g/mol. The third-order valence-corrected chi connectivity index (χ3v) is 13.3. The Kier molecular flexibility index (Phi) is 4.90. The third kappa shape index (κ3) is 2.84. The summed E-state index contributed by atoms with van der Waals surface area (Å²) in [5, 5.41) is 11.9. The van der Waals surface area contributed by atoms with Crippen molar-refractivity contribution in [1.29, 1.82) is 0 Å². The molecule has 10 atom stereocenters. The maximum Gasteiger partial charge on any atom is 0.144 e. The number of fused-ring (bicyclic) bond motifs is 7.